The van der Waals surface area contributed by atoms with Gasteiger partial charge in [-0.3, -0.25) is 0 Å². The van der Waals surface area contributed by atoms with Gasteiger partial charge in [0.2, 0.25) is 0 Å². The van der Waals surface area contributed by atoms with Crippen LogP contribution in [0.25, 0.3) is 0 Å². The molecule has 1 aromatic rings. The van der Waals surface area contributed by atoms with Crippen LogP contribution in [-0.4, -0.2) is 19.8 Å². The number of nitrogens with zero attached hydrogens (tertiary/aromatic N) is 1. The van der Waals surface area contributed by atoms with Gasteiger partial charge < -0.3 is 9.47 Å². The van der Waals surface area contributed by atoms with Crippen molar-refractivity contribution >= 4 is 0 Å². The van der Waals surface area contributed by atoms with Gasteiger partial charge in [-0.2, -0.15) is 5.26 Å². The average molecular weight is 235 g/mol. The van der Waals surface area contributed by atoms with Crippen LogP contribution in [0.2, 0.25) is 0 Å². The van der Waals surface area contributed by atoms with E-state index in [4.69, 9.17) is 14.7 Å². The minimum atomic E-state index is -0.439. The van der Waals surface area contributed by atoms with Gasteiger partial charge in [-0.15, -0.1) is 0 Å². The fraction of sp³-hybridized carbons (Fsp3) is 0.462. The van der Waals surface area contributed by atoms with Crippen molar-refractivity contribution in [1.82, 2.24) is 0 Å². The van der Waals surface area contributed by atoms with Gasteiger partial charge in [-0.25, -0.2) is 4.39 Å². The van der Waals surface area contributed by atoms with E-state index in [1.807, 2.05) is 6.07 Å². The number of hydrogen-bond donors (Lipinski definition) is 0. The Morgan fingerprint density at radius 2 is 2.12 bits per heavy atom. The van der Waals surface area contributed by atoms with Crippen molar-refractivity contribution < 1.29 is 13.9 Å². The standard InChI is InChI=1S/C13H14FNO2/c14-12-5-11(8-15)6-13(7-12)17-9-10-1-3-16-4-2-10/h5-7,10H,1-4,9H2. The smallest absolute Gasteiger partial charge is 0.128 e. The molecule has 1 aliphatic heterocycles. The van der Waals surface area contributed by atoms with Gasteiger partial charge in [0.05, 0.1) is 18.2 Å². The van der Waals surface area contributed by atoms with Gasteiger partial charge in [0.25, 0.3) is 0 Å². The fourth-order valence-electron chi connectivity index (χ4n) is 1.84. The summed E-state index contributed by atoms with van der Waals surface area (Å²) in [6, 6.07) is 5.97. The Hall–Kier alpha value is -1.60. The quantitative estimate of drug-likeness (QED) is 0.808. The summed E-state index contributed by atoms with van der Waals surface area (Å²) in [7, 11) is 0. The van der Waals surface area contributed by atoms with E-state index in [-0.39, 0.29) is 5.56 Å². The van der Waals surface area contributed by atoms with E-state index in [1.54, 1.807) is 6.07 Å². The second-order valence-electron chi connectivity index (χ2n) is 4.15. The third kappa shape index (κ3) is 3.43. The predicted octanol–water partition coefficient (Wildman–Crippen LogP) is 2.50. The highest BCUT2D eigenvalue weighted by Crippen LogP contribution is 2.20. The SMILES string of the molecule is N#Cc1cc(F)cc(OCC2CCOCC2)c1. The highest BCUT2D eigenvalue weighted by atomic mass is 19.1. The molecule has 2 rings (SSSR count). The monoisotopic (exact) mass is 235 g/mol. The summed E-state index contributed by atoms with van der Waals surface area (Å²) in [6.45, 7) is 2.08. The molecule has 0 aliphatic carbocycles. The van der Waals surface area contributed by atoms with Crippen LogP contribution in [0.1, 0.15) is 18.4 Å². The zero-order valence-corrected chi connectivity index (χ0v) is 9.49. The van der Waals surface area contributed by atoms with Crippen LogP contribution >= 0.6 is 0 Å². The van der Waals surface area contributed by atoms with E-state index < -0.39 is 5.82 Å². The first-order valence-corrected chi connectivity index (χ1v) is 5.69. The highest BCUT2D eigenvalue weighted by molar-refractivity contribution is 5.37. The second kappa shape index (κ2) is 5.65. The topological polar surface area (TPSA) is 42.2 Å². The summed E-state index contributed by atoms with van der Waals surface area (Å²) in [6.07, 6.45) is 1.95. The van der Waals surface area contributed by atoms with Crippen molar-refractivity contribution in [3.63, 3.8) is 0 Å². The van der Waals surface area contributed by atoms with Crippen LogP contribution in [0, 0.1) is 23.1 Å². The van der Waals surface area contributed by atoms with Gasteiger partial charge in [0.1, 0.15) is 11.6 Å². The summed E-state index contributed by atoms with van der Waals surface area (Å²) in [5.41, 5.74) is 0.284. The lowest BCUT2D eigenvalue weighted by Crippen LogP contribution is -2.21. The molecule has 3 nitrogen and oxygen atoms in total. The molecule has 0 aromatic heterocycles. The molecule has 1 saturated heterocycles. The van der Waals surface area contributed by atoms with E-state index in [2.05, 4.69) is 0 Å². The van der Waals surface area contributed by atoms with E-state index in [0.29, 0.717) is 18.3 Å². The zero-order valence-electron chi connectivity index (χ0n) is 9.49. The molecule has 0 atom stereocenters. The van der Waals surface area contributed by atoms with Crippen LogP contribution < -0.4 is 4.74 Å². The Balaban J connectivity index is 1.94. The van der Waals surface area contributed by atoms with Crippen LogP contribution in [0.5, 0.6) is 5.75 Å². The lowest BCUT2D eigenvalue weighted by atomic mass is 10.0. The average Bonchev–Trinajstić information content (AvgIpc) is 2.37. The fourth-order valence-corrected chi connectivity index (χ4v) is 1.84. The van der Waals surface area contributed by atoms with Crippen LogP contribution in [0.15, 0.2) is 18.2 Å². The van der Waals surface area contributed by atoms with E-state index in [9.17, 15) is 4.39 Å². The molecule has 1 aromatic carbocycles. The van der Waals surface area contributed by atoms with Gasteiger partial charge in [0.15, 0.2) is 0 Å². The summed E-state index contributed by atoms with van der Waals surface area (Å²) in [4.78, 5) is 0. The minimum Gasteiger partial charge on any atom is -0.493 e. The number of benzene rings is 1. The molecule has 1 heterocycles. The molecule has 1 aliphatic rings. The third-order valence-corrected chi connectivity index (χ3v) is 2.83. The molecule has 17 heavy (non-hydrogen) atoms. The Labute approximate surface area is 99.8 Å². The van der Waals surface area contributed by atoms with Crippen molar-refractivity contribution in [2.24, 2.45) is 5.92 Å². The van der Waals surface area contributed by atoms with Gasteiger partial charge in [-0.1, -0.05) is 0 Å². The van der Waals surface area contributed by atoms with E-state index in [1.165, 1.54) is 12.1 Å². The van der Waals surface area contributed by atoms with Crippen molar-refractivity contribution in [3.05, 3.63) is 29.6 Å². The van der Waals surface area contributed by atoms with Crippen LogP contribution in [0.3, 0.4) is 0 Å². The summed E-state index contributed by atoms with van der Waals surface area (Å²) in [5.74, 6) is 0.441. The second-order valence-corrected chi connectivity index (χ2v) is 4.15. The molecule has 0 saturated carbocycles. The van der Waals surface area contributed by atoms with Crippen LogP contribution in [-0.2, 0) is 4.74 Å². The lowest BCUT2D eigenvalue weighted by molar-refractivity contribution is 0.0497. The maximum atomic E-state index is 13.1. The van der Waals surface area contributed by atoms with Gasteiger partial charge >= 0.3 is 0 Å². The Bertz CT molecular complexity index is 422. The lowest BCUT2D eigenvalue weighted by Gasteiger charge is -2.22. The maximum absolute atomic E-state index is 13.1. The number of hydrogen-bond acceptors (Lipinski definition) is 3. The number of ether oxygens (including phenoxy) is 2. The first-order chi connectivity index (χ1) is 8.28. The first-order valence-electron chi connectivity index (χ1n) is 5.69. The molecular formula is C13H14FNO2. The molecule has 4 heteroatoms. The molecule has 1 fully saturated rings. The third-order valence-electron chi connectivity index (χ3n) is 2.83. The summed E-state index contributed by atoms with van der Waals surface area (Å²) >= 11 is 0. The number of halogens is 1. The maximum Gasteiger partial charge on any atom is 0.128 e. The highest BCUT2D eigenvalue weighted by Gasteiger charge is 2.14. The van der Waals surface area contributed by atoms with Gasteiger partial charge in [-0.05, 0) is 30.9 Å². The minimum absolute atomic E-state index is 0.284. The Morgan fingerprint density at radius 3 is 2.82 bits per heavy atom. The van der Waals surface area contributed by atoms with Crippen molar-refractivity contribution in [1.29, 1.82) is 5.26 Å². The molecule has 90 valence electrons. The van der Waals surface area contributed by atoms with E-state index in [0.717, 1.165) is 26.1 Å². The molecule has 0 amide bonds. The number of nitriles is 1. The summed E-state index contributed by atoms with van der Waals surface area (Å²) in [5, 5.41) is 8.71. The molecule has 0 spiro atoms. The number of rotatable bonds is 3. The molecule has 0 radical (unpaired) electrons. The predicted molar refractivity (Wildman–Crippen MR) is 60.2 cm³/mol. The zero-order chi connectivity index (χ0) is 12.1. The molecule has 0 unspecified atom stereocenters. The Morgan fingerprint density at radius 1 is 1.35 bits per heavy atom. The normalized spacial score (nSPS) is 16.5. The molecule has 0 bridgehead atoms. The van der Waals surface area contributed by atoms with Crippen LogP contribution in [0.4, 0.5) is 4.39 Å². The van der Waals surface area contributed by atoms with Gasteiger partial charge in [0, 0.05) is 19.3 Å². The largest absolute Gasteiger partial charge is 0.493 e. The van der Waals surface area contributed by atoms with E-state index >= 15 is 0 Å². The molecular weight excluding hydrogens is 221 g/mol. The van der Waals surface area contributed by atoms with Crippen molar-refractivity contribution in [2.45, 2.75) is 12.8 Å². The Kier molecular flexibility index (Phi) is 3.94. The van der Waals surface area contributed by atoms with Crippen molar-refractivity contribution in [3.8, 4) is 11.8 Å². The van der Waals surface area contributed by atoms with Crippen molar-refractivity contribution in [2.75, 3.05) is 19.8 Å². The summed E-state index contributed by atoms with van der Waals surface area (Å²) < 4.78 is 23.9. The first kappa shape index (κ1) is 11.9. The molecule has 0 N–H and O–H groups in total.